The Labute approximate surface area is 156 Å². The largest absolute Gasteiger partial charge is 0.346 e. The highest BCUT2D eigenvalue weighted by molar-refractivity contribution is 7.92. The smallest absolute Gasteiger partial charge is 0.251 e. The average Bonchev–Trinajstić information content (AvgIpc) is 2.54. The van der Waals surface area contributed by atoms with Gasteiger partial charge in [0.15, 0.2) is 0 Å². The number of nitrogens with zero attached hydrogens (tertiary/aromatic N) is 1. The fourth-order valence-corrected chi connectivity index (χ4v) is 4.03. The molecule has 2 rings (SSSR count). The van der Waals surface area contributed by atoms with Crippen molar-refractivity contribution in [3.8, 4) is 0 Å². The average molecular weight is 375 g/mol. The van der Waals surface area contributed by atoms with Crippen molar-refractivity contribution in [1.29, 1.82) is 0 Å². The highest BCUT2D eigenvalue weighted by Crippen LogP contribution is 2.21. The van der Waals surface area contributed by atoms with E-state index in [2.05, 4.69) is 11.4 Å². The van der Waals surface area contributed by atoms with Gasteiger partial charge in [0.05, 0.1) is 18.0 Å². The number of carbonyl (C=O) groups is 1. The lowest BCUT2D eigenvalue weighted by atomic mass is 10.00. The molecule has 5 nitrogen and oxygen atoms in total. The topological polar surface area (TPSA) is 66.5 Å². The van der Waals surface area contributed by atoms with Gasteiger partial charge in [-0.05, 0) is 63.1 Å². The van der Waals surface area contributed by atoms with Crippen LogP contribution in [0.4, 0.5) is 5.69 Å². The van der Waals surface area contributed by atoms with Crippen LogP contribution >= 0.6 is 0 Å². The summed E-state index contributed by atoms with van der Waals surface area (Å²) in [5.41, 5.74) is 4.45. The number of aryl methyl sites for hydroxylation is 2. The zero-order valence-corrected chi connectivity index (χ0v) is 16.7. The molecule has 2 aromatic rings. The van der Waals surface area contributed by atoms with E-state index in [1.54, 1.807) is 31.2 Å². The van der Waals surface area contributed by atoms with Crippen LogP contribution in [0.1, 0.15) is 46.9 Å². The Bertz CT molecular complexity index is 890. The molecule has 6 heteroatoms. The monoisotopic (exact) mass is 374 g/mol. The quantitative estimate of drug-likeness (QED) is 0.840. The van der Waals surface area contributed by atoms with Gasteiger partial charge < -0.3 is 5.32 Å². The van der Waals surface area contributed by atoms with Crippen molar-refractivity contribution in [2.45, 2.75) is 33.7 Å². The summed E-state index contributed by atoms with van der Waals surface area (Å²) in [5.74, 6) is -0.188. The first kappa shape index (κ1) is 20.0. The zero-order chi connectivity index (χ0) is 19.5. The third kappa shape index (κ3) is 4.64. The van der Waals surface area contributed by atoms with Crippen LogP contribution in [0.15, 0.2) is 42.5 Å². The van der Waals surface area contributed by atoms with Gasteiger partial charge in [-0.25, -0.2) is 8.42 Å². The minimum atomic E-state index is -3.33. The number of hydrogen-bond acceptors (Lipinski definition) is 3. The molecule has 0 aromatic heterocycles. The number of sulfonamides is 1. The Morgan fingerprint density at radius 1 is 1.12 bits per heavy atom. The SMILES string of the molecule is CCN(c1ccc(C(=O)N[C@H](C)c2ccc(C)cc2C)cc1)S(C)(=O)=O. The third-order valence-electron chi connectivity index (χ3n) is 4.34. The molecule has 0 spiro atoms. The number of rotatable bonds is 6. The second kappa shape index (κ2) is 7.91. The number of hydrogen-bond donors (Lipinski definition) is 1. The Kier molecular flexibility index (Phi) is 6.08. The van der Waals surface area contributed by atoms with E-state index in [-0.39, 0.29) is 11.9 Å². The van der Waals surface area contributed by atoms with Gasteiger partial charge in [0, 0.05) is 12.1 Å². The predicted octanol–water partition coefficient (Wildman–Crippen LogP) is 3.58. The number of benzene rings is 2. The van der Waals surface area contributed by atoms with Gasteiger partial charge in [-0.15, -0.1) is 0 Å². The van der Waals surface area contributed by atoms with Crippen molar-refractivity contribution >= 4 is 21.6 Å². The molecule has 0 saturated heterocycles. The van der Waals surface area contributed by atoms with Crippen LogP contribution in [0.5, 0.6) is 0 Å². The van der Waals surface area contributed by atoms with Gasteiger partial charge in [-0.2, -0.15) is 0 Å². The molecule has 0 aliphatic rings. The van der Waals surface area contributed by atoms with Gasteiger partial charge >= 0.3 is 0 Å². The van der Waals surface area contributed by atoms with E-state index >= 15 is 0 Å². The summed E-state index contributed by atoms with van der Waals surface area (Å²) in [4.78, 5) is 12.5. The Morgan fingerprint density at radius 2 is 1.73 bits per heavy atom. The molecule has 0 fully saturated rings. The molecular weight excluding hydrogens is 348 g/mol. The van der Waals surface area contributed by atoms with Crippen LogP contribution in [-0.2, 0) is 10.0 Å². The minimum Gasteiger partial charge on any atom is -0.346 e. The third-order valence-corrected chi connectivity index (χ3v) is 5.61. The fraction of sp³-hybridized carbons (Fsp3) is 0.350. The Balaban J connectivity index is 2.15. The molecule has 1 atom stereocenters. The van der Waals surface area contributed by atoms with E-state index in [1.807, 2.05) is 32.9 Å². The molecule has 0 heterocycles. The highest BCUT2D eigenvalue weighted by Gasteiger charge is 2.17. The molecule has 0 bridgehead atoms. The molecule has 0 radical (unpaired) electrons. The zero-order valence-electron chi connectivity index (χ0n) is 15.9. The molecule has 0 aliphatic carbocycles. The van der Waals surface area contributed by atoms with Crippen LogP contribution < -0.4 is 9.62 Å². The Hall–Kier alpha value is -2.34. The van der Waals surface area contributed by atoms with E-state index in [9.17, 15) is 13.2 Å². The van der Waals surface area contributed by atoms with E-state index in [0.29, 0.717) is 17.8 Å². The summed E-state index contributed by atoms with van der Waals surface area (Å²) in [7, 11) is -3.33. The molecule has 0 saturated carbocycles. The maximum atomic E-state index is 12.5. The summed E-state index contributed by atoms with van der Waals surface area (Å²) >= 11 is 0. The van der Waals surface area contributed by atoms with Gasteiger partial charge in [-0.3, -0.25) is 9.10 Å². The van der Waals surface area contributed by atoms with Gasteiger partial charge in [0.2, 0.25) is 10.0 Å². The summed E-state index contributed by atoms with van der Waals surface area (Å²) in [6, 6.07) is 12.6. The lowest BCUT2D eigenvalue weighted by Gasteiger charge is -2.21. The van der Waals surface area contributed by atoms with E-state index in [1.165, 1.54) is 16.1 Å². The molecule has 26 heavy (non-hydrogen) atoms. The molecule has 140 valence electrons. The number of carbonyl (C=O) groups excluding carboxylic acids is 1. The molecule has 0 aliphatic heterocycles. The lowest BCUT2D eigenvalue weighted by Crippen LogP contribution is -2.30. The first-order chi connectivity index (χ1) is 12.1. The van der Waals surface area contributed by atoms with Crippen LogP contribution in [-0.4, -0.2) is 27.1 Å². The lowest BCUT2D eigenvalue weighted by molar-refractivity contribution is 0.0940. The van der Waals surface area contributed by atoms with Crippen LogP contribution in [0.2, 0.25) is 0 Å². The second-order valence-corrected chi connectivity index (χ2v) is 8.44. The minimum absolute atomic E-state index is 0.120. The van der Waals surface area contributed by atoms with Gasteiger partial charge in [0.1, 0.15) is 0 Å². The van der Waals surface area contributed by atoms with Crippen molar-refractivity contribution in [3.05, 3.63) is 64.7 Å². The van der Waals surface area contributed by atoms with Crippen LogP contribution in [0, 0.1) is 13.8 Å². The van der Waals surface area contributed by atoms with Crippen molar-refractivity contribution in [3.63, 3.8) is 0 Å². The summed E-state index contributed by atoms with van der Waals surface area (Å²) in [6.45, 7) is 8.13. The first-order valence-corrected chi connectivity index (χ1v) is 10.4. The highest BCUT2D eigenvalue weighted by atomic mass is 32.2. The van der Waals surface area contributed by atoms with Gasteiger partial charge in [-0.1, -0.05) is 23.8 Å². The summed E-state index contributed by atoms with van der Waals surface area (Å²) in [5, 5.41) is 2.99. The van der Waals surface area contributed by atoms with Crippen LogP contribution in [0.3, 0.4) is 0 Å². The normalized spacial score (nSPS) is 12.5. The predicted molar refractivity (Wildman–Crippen MR) is 106 cm³/mol. The molecule has 2 aromatic carbocycles. The molecule has 1 amide bonds. The van der Waals surface area contributed by atoms with E-state index in [0.717, 1.165) is 11.1 Å². The van der Waals surface area contributed by atoms with E-state index in [4.69, 9.17) is 0 Å². The summed E-state index contributed by atoms with van der Waals surface area (Å²) < 4.78 is 24.9. The van der Waals surface area contributed by atoms with E-state index < -0.39 is 10.0 Å². The molecule has 0 unspecified atom stereocenters. The van der Waals surface area contributed by atoms with Crippen molar-refractivity contribution in [2.75, 3.05) is 17.1 Å². The van der Waals surface area contributed by atoms with Gasteiger partial charge in [0.25, 0.3) is 5.91 Å². The maximum Gasteiger partial charge on any atom is 0.251 e. The fourth-order valence-electron chi connectivity index (χ4n) is 3.06. The Morgan fingerprint density at radius 3 is 2.23 bits per heavy atom. The molecular formula is C20H26N2O3S. The second-order valence-electron chi connectivity index (χ2n) is 6.53. The maximum absolute atomic E-state index is 12.5. The first-order valence-electron chi connectivity index (χ1n) is 8.59. The van der Waals surface area contributed by atoms with Crippen molar-refractivity contribution in [1.82, 2.24) is 5.32 Å². The van der Waals surface area contributed by atoms with Crippen molar-refractivity contribution < 1.29 is 13.2 Å². The van der Waals surface area contributed by atoms with Crippen LogP contribution in [0.25, 0.3) is 0 Å². The molecule has 1 N–H and O–H groups in total. The standard InChI is InChI=1S/C20H26N2O3S/c1-6-22(26(5,24)25)18-10-8-17(9-11-18)20(23)21-16(4)19-12-7-14(2)13-15(19)3/h7-13,16H,6H2,1-5H3,(H,21,23)/t16-/m1/s1. The van der Waals surface area contributed by atoms with Crippen molar-refractivity contribution in [2.24, 2.45) is 0 Å². The number of nitrogens with one attached hydrogen (secondary N) is 1. The summed E-state index contributed by atoms with van der Waals surface area (Å²) in [6.07, 6.45) is 1.17. The number of amides is 1. The number of anilines is 1.